The number of halogens is 2. The number of hydrogen-bond donors (Lipinski definition) is 0. The quantitative estimate of drug-likeness (QED) is 0.725. The van der Waals surface area contributed by atoms with Crippen LogP contribution in [0.25, 0.3) is 11.5 Å². The minimum Gasteiger partial charge on any atom is -0.460 e. The highest BCUT2D eigenvalue weighted by Crippen LogP contribution is 2.43. The zero-order valence-corrected chi connectivity index (χ0v) is 13.7. The van der Waals surface area contributed by atoms with E-state index < -0.39 is 5.97 Å². The van der Waals surface area contributed by atoms with Crippen LogP contribution in [0.15, 0.2) is 27.1 Å². The molecule has 4 nitrogen and oxygen atoms in total. The first kappa shape index (κ1) is 14.6. The third-order valence-electron chi connectivity index (χ3n) is 3.24. The summed E-state index contributed by atoms with van der Waals surface area (Å²) in [6.07, 6.45) is 2.05. The lowest BCUT2D eigenvalue weighted by Gasteiger charge is -2.00. The largest absolute Gasteiger partial charge is 0.460 e. The zero-order valence-electron chi connectivity index (χ0n) is 11.4. The molecule has 3 rings (SSSR count). The molecule has 0 saturated heterocycles. The van der Waals surface area contributed by atoms with Crippen LogP contribution in [-0.4, -0.2) is 17.6 Å². The second-order valence-corrected chi connectivity index (χ2v) is 6.14. The minimum absolute atomic E-state index is 0.209. The van der Waals surface area contributed by atoms with E-state index in [1.807, 2.05) is 6.07 Å². The van der Waals surface area contributed by atoms with Crippen LogP contribution in [0.5, 0.6) is 0 Å². The maximum absolute atomic E-state index is 12.0. The fraction of sp³-hybridized carbons (Fsp3) is 0.333. The molecule has 1 aliphatic rings. The van der Waals surface area contributed by atoms with E-state index in [1.165, 1.54) is 0 Å². The molecule has 1 aliphatic carbocycles. The lowest BCUT2D eigenvalue weighted by Crippen LogP contribution is -2.05. The average molecular weight is 371 g/mol. The van der Waals surface area contributed by atoms with Crippen LogP contribution in [0.4, 0.5) is 0 Å². The van der Waals surface area contributed by atoms with Crippen molar-refractivity contribution in [2.75, 3.05) is 6.61 Å². The molecule has 0 unspecified atom stereocenters. The van der Waals surface area contributed by atoms with Crippen molar-refractivity contribution in [3.8, 4) is 11.5 Å². The molecule has 0 N–H and O–H groups in total. The molecule has 6 heteroatoms. The normalized spacial score (nSPS) is 14.2. The maximum Gasteiger partial charge on any atom is 0.376 e. The van der Waals surface area contributed by atoms with Gasteiger partial charge in [0.15, 0.2) is 0 Å². The van der Waals surface area contributed by atoms with Crippen LogP contribution < -0.4 is 0 Å². The summed E-state index contributed by atoms with van der Waals surface area (Å²) >= 11 is 9.47. The molecule has 110 valence electrons. The average Bonchev–Trinajstić information content (AvgIpc) is 3.21. The summed E-state index contributed by atoms with van der Waals surface area (Å²) in [6, 6.07) is 5.35. The van der Waals surface area contributed by atoms with E-state index >= 15 is 0 Å². The van der Waals surface area contributed by atoms with E-state index in [-0.39, 0.29) is 5.76 Å². The molecule has 0 radical (unpaired) electrons. The van der Waals surface area contributed by atoms with Gasteiger partial charge in [0.05, 0.1) is 17.9 Å². The summed E-state index contributed by atoms with van der Waals surface area (Å²) in [7, 11) is 0. The molecule has 0 atom stereocenters. The van der Waals surface area contributed by atoms with E-state index in [1.54, 1.807) is 19.1 Å². The Hall–Kier alpha value is -1.33. The monoisotopic (exact) mass is 369 g/mol. The van der Waals surface area contributed by atoms with Gasteiger partial charge >= 0.3 is 5.97 Å². The Morgan fingerprint density at radius 2 is 2.29 bits per heavy atom. The van der Waals surface area contributed by atoms with Crippen molar-refractivity contribution >= 4 is 33.5 Å². The highest BCUT2D eigenvalue weighted by Gasteiger charge is 2.34. The number of oxazole rings is 1. The number of rotatable bonds is 4. The van der Waals surface area contributed by atoms with Gasteiger partial charge in [-0.05, 0) is 53.9 Å². The Morgan fingerprint density at radius 3 is 2.95 bits per heavy atom. The molecule has 1 saturated carbocycles. The summed E-state index contributed by atoms with van der Waals surface area (Å²) in [5.41, 5.74) is 1.41. The van der Waals surface area contributed by atoms with Crippen LogP contribution >= 0.6 is 27.5 Å². The highest BCUT2D eigenvalue weighted by atomic mass is 79.9. The van der Waals surface area contributed by atoms with Gasteiger partial charge in [0, 0.05) is 15.4 Å². The number of hydrogen-bond acceptors (Lipinski definition) is 4. The summed E-state index contributed by atoms with van der Waals surface area (Å²) in [5.74, 6) is 0.423. The third-order valence-corrected chi connectivity index (χ3v) is 4.16. The maximum atomic E-state index is 12.0. The van der Waals surface area contributed by atoms with Gasteiger partial charge in [0.2, 0.25) is 11.7 Å². The van der Waals surface area contributed by atoms with E-state index in [9.17, 15) is 4.79 Å². The van der Waals surface area contributed by atoms with Crippen molar-refractivity contribution in [3.63, 3.8) is 0 Å². The number of carbonyl (C=O) groups excluding carboxylic acids is 1. The number of benzene rings is 1. The molecule has 2 aromatic rings. The lowest BCUT2D eigenvalue weighted by atomic mass is 10.2. The molecule has 0 spiro atoms. The number of carbonyl (C=O) groups is 1. The molecule has 1 heterocycles. The molecule has 1 aromatic carbocycles. The van der Waals surface area contributed by atoms with Crippen molar-refractivity contribution in [1.29, 1.82) is 0 Å². The first-order valence-corrected chi connectivity index (χ1v) is 7.90. The molecule has 1 aromatic heterocycles. The topological polar surface area (TPSA) is 52.3 Å². The Bertz CT molecular complexity index is 694. The van der Waals surface area contributed by atoms with Crippen LogP contribution in [0.2, 0.25) is 5.02 Å². The molecular weight excluding hydrogens is 358 g/mol. The first-order valence-electron chi connectivity index (χ1n) is 6.73. The standard InChI is InChI=1S/C15H13BrClNO3/c1-2-20-15(19)13-12(8-3-4-8)18-14(21-13)10-7-9(17)5-6-11(10)16/h5-8H,2-4H2,1H3. The number of ether oxygens (including phenoxy) is 1. The Kier molecular flexibility index (Phi) is 4.04. The molecule has 1 fully saturated rings. The third kappa shape index (κ3) is 2.99. The predicted octanol–water partition coefficient (Wildman–Crippen LogP) is 4.81. The van der Waals surface area contributed by atoms with Crippen molar-refractivity contribution in [2.24, 2.45) is 0 Å². The Labute approximate surface area is 135 Å². The second kappa shape index (κ2) is 5.81. The van der Waals surface area contributed by atoms with Crippen LogP contribution in [0.1, 0.15) is 41.9 Å². The van der Waals surface area contributed by atoms with Crippen molar-refractivity contribution in [3.05, 3.63) is 39.1 Å². The second-order valence-electron chi connectivity index (χ2n) is 4.85. The predicted molar refractivity (Wildman–Crippen MR) is 82.6 cm³/mol. The van der Waals surface area contributed by atoms with Gasteiger partial charge < -0.3 is 9.15 Å². The van der Waals surface area contributed by atoms with Crippen LogP contribution in [-0.2, 0) is 4.74 Å². The number of aromatic nitrogens is 1. The molecule has 0 aliphatic heterocycles. The molecule has 0 amide bonds. The summed E-state index contributed by atoms with van der Waals surface area (Å²) < 4.78 is 11.5. The lowest BCUT2D eigenvalue weighted by molar-refractivity contribution is 0.0489. The molecule has 0 bridgehead atoms. The number of esters is 1. The summed E-state index contributed by atoms with van der Waals surface area (Å²) in [6.45, 7) is 2.07. The van der Waals surface area contributed by atoms with E-state index in [0.29, 0.717) is 29.1 Å². The van der Waals surface area contributed by atoms with Gasteiger partial charge in [-0.25, -0.2) is 9.78 Å². The zero-order chi connectivity index (χ0) is 15.0. The Morgan fingerprint density at radius 1 is 1.52 bits per heavy atom. The first-order chi connectivity index (χ1) is 10.1. The van der Waals surface area contributed by atoms with Crippen molar-refractivity contribution < 1.29 is 13.9 Å². The minimum atomic E-state index is -0.462. The highest BCUT2D eigenvalue weighted by molar-refractivity contribution is 9.10. The van der Waals surface area contributed by atoms with Gasteiger partial charge in [-0.2, -0.15) is 0 Å². The van der Waals surface area contributed by atoms with E-state index in [0.717, 1.165) is 22.9 Å². The van der Waals surface area contributed by atoms with Gasteiger partial charge in [0.25, 0.3) is 0 Å². The SMILES string of the molecule is CCOC(=O)c1oc(-c2cc(Cl)ccc2Br)nc1C1CC1. The molecular formula is C15H13BrClNO3. The van der Waals surface area contributed by atoms with Crippen molar-refractivity contribution in [1.82, 2.24) is 4.98 Å². The number of nitrogens with zero attached hydrogens (tertiary/aromatic N) is 1. The van der Waals surface area contributed by atoms with Crippen LogP contribution in [0.3, 0.4) is 0 Å². The molecule has 21 heavy (non-hydrogen) atoms. The van der Waals surface area contributed by atoms with Gasteiger partial charge in [-0.1, -0.05) is 11.6 Å². The fourth-order valence-electron chi connectivity index (χ4n) is 2.08. The van der Waals surface area contributed by atoms with Gasteiger partial charge in [-0.15, -0.1) is 0 Å². The smallest absolute Gasteiger partial charge is 0.376 e. The Balaban J connectivity index is 2.05. The van der Waals surface area contributed by atoms with Gasteiger partial charge in [0.1, 0.15) is 0 Å². The van der Waals surface area contributed by atoms with Crippen LogP contribution in [0, 0.1) is 0 Å². The van der Waals surface area contributed by atoms with E-state index in [4.69, 9.17) is 20.8 Å². The van der Waals surface area contributed by atoms with Gasteiger partial charge in [-0.3, -0.25) is 0 Å². The summed E-state index contributed by atoms with van der Waals surface area (Å²) in [4.78, 5) is 16.5. The van der Waals surface area contributed by atoms with Crippen molar-refractivity contribution in [2.45, 2.75) is 25.7 Å². The summed E-state index contributed by atoms with van der Waals surface area (Å²) in [5, 5.41) is 0.581. The van der Waals surface area contributed by atoms with E-state index in [2.05, 4.69) is 20.9 Å². The fourth-order valence-corrected chi connectivity index (χ4v) is 2.67.